The smallest absolute Gasteiger partial charge is 0.314 e. The van der Waals surface area contributed by atoms with Crippen LogP contribution in [0.4, 0.5) is 4.79 Å². The number of nitrogens with one attached hydrogen (secondary N) is 2. The summed E-state index contributed by atoms with van der Waals surface area (Å²) in [5, 5.41) is 13.7. The highest BCUT2D eigenvalue weighted by Crippen LogP contribution is 2.03. The van der Waals surface area contributed by atoms with Crippen LogP contribution < -0.4 is 10.6 Å². The van der Waals surface area contributed by atoms with Gasteiger partial charge in [0.1, 0.15) is 9.84 Å². The minimum Gasteiger partial charge on any atom is -0.481 e. The molecule has 0 aliphatic carbocycles. The number of carboxylic acids is 1. The highest BCUT2D eigenvalue weighted by Gasteiger charge is 2.07. The van der Waals surface area contributed by atoms with Gasteiger partial charge in [-0.2, -0.15) is 0 Å². The zero-order valence-electron chi connectivity index (χ0n) is 11.3. The first-order valence-electron chi connectivity index (χ1n) is 6.12. The van der Waals surface area contributed by atoms with Crippen LogP contribution in [0.3, 0.4) is 0 Å². The van der Waals surface area contributed by atoms with Crippen LogP contribution in [0.2, 0.25) is 0 Å². The minimum absolute atomic E-state index is 0.0439. The molecule has 19 heavy (non-hydrogen) atoms. The lowest BCUT2D eigenvalue weighted by atomic mass is 10.1. The molecule has 3 N–H and O–H groups in total. The van der Waals surface area contributed by atoms with Gasteiger partial charge in [-0.3, -0.25) is 4.79 Å². The Morgan fingerprint density at radius 1 is 1.26 bits per heavy atom. The van der Waals surface area contributed by atoms with E-state index in [1.807, 2.05) is 6.92 Å². The number of aliphatic carboxylic acids is 1. The Bertz CT molecular complexity index is 394. The second-order valence-electron chi connectivity index (χ2n) is 4.66. The van der Waals surface area contributed by atoms with Gasteiger partial charge in [0, 0.05) is 25.8 Å². The van der Waals surface area contributed by atoms with E-state index in [4.69, 9.17) is 5.11 Å². The van der Waals surface area contributed by atoms with E-state index >= 15 is 0 Å². The second-order valence-corrected chi connectivity index (χ2v) is 6.92. The maximum atomic E-state index is 11.3. The standard InChI is InChI=1S/C11H22N2O5S/c1-9(4-5-10(14)15)8-13-11(16)12-6-3-7-19(2,17)18/h9H,3-8H2,1-2H3,(H,14,15)(H2,12,13,16). The first-order chi connectivity index (χ1) is 8.70. The Morgan fingerprint density at radius 2 is 1.89 bits per heavy atom. The lowest BCUT2D eigenvalue weighted by molar-refractivity contribution is -0.137. The summed E-state index contributed by atoms with van der Waals surface area (Å²) in [5.41, 5.74) is 0. The van der Waals surface area contributed by atoms with E-state index in [1.165, 1.54) is 0 Å². The van der Waals surface area contributed by atoms with E-state index in [-0.39, 0.29) is 24.1 Å². The molecule has 1 atom stereocenters. The highest BCUT2D eigenvalue weighted by molar-refractivity contribution is 7.90. The molecule has 0 saturated carbocycles. The van der Waals surface area contributed by atoms with Crippen molar-refractivity contribution in [2.75, 3.05) is 25.1 Å². The SMILES string of the molecule is CC(CCC(=O)O)CNC(=O)NCCCS(C)(=O)=O. The number of sulfone groups is 1. The van der Waals surface area contributed by atoms with Gasteiger partial charge in [-0.1, -0.05) is 6.92 Å². The summed E-state index contributed by atoms with van der Waals surface area (Å²) in [6, 6.07) is -0.365. The Labute approximate surface area is 113 Å². The number of carbonyl (C=O) groups excluding carboxylic acids is 1. The van der Waals surface area contributed by atoms with Crippen molar-refractivity contribution in [3.05, 3.63) is 0 Å². The maximum absolute atomic E-state index is 11.3. The number of hydrogen-bond donors (Lipinski definition) is 3. The van der Waals surface area contributed by atoms with Gasteiger partial charge in [-0.05, 0) is 18.8 Å². The van der Waals surface area contributed by atoms with Crippen molar-refractivity contribution < 1.29 is 23.1 Å². The Kier molecular flexibility index (Phi) is 8.13. The molecule has 0 aromatic carbocycles. The molecule has 0 aliphatic rings. The second kappa shape index (κ2) is 8.73. The molecule has 0 aliphatic heterocycles. The lowest BCUT2D eigenvalue weighted by Gasteiger charge is -2.12. The third-order valence-electron chi connectivity index (χ3n) is 2.44. The highest BCUT2D eigenvalue weighted by atomic mass is 32.2. The Hall–Kier alpha value is -1.31. The normalized spacial score (nSPS) is 12.7. The molecule has 7 nitrogen and oxygen atoms in total. The van der Waals surface area contributed by atoms with Gasteiger partial charge < -0.3 is 15.7 Å². The summed E-state index contributed by atoms with van der Waals surface area (Å²) in [6.45, 7) is 2.54. The minimum atomic E-state index is -2.99. The first-order valence-corrected chi connectivity index (χ1v) is 8.18. The van der Waals surface area contributed by atoms with E-state index in [0.717, 1.165) is 6.26 Å². The van der Waals surface area contributed by atoms with Gasteiger partial charge in [0.2, 0.25) is 0 Å². The topological polar surface area (TPSA) is 113 Å². The van der Waals surface area contributed by atoms with E-state index in [2.05, 4.69) is 10.6 Å². The molecule has 0 bridgehead atoms. The number of urea groups is 1. The van der Waals surface area contributed by atoms with Crippen LogP contribution in [0.5, 0.6) is 0 Å². The number of amides is 2. The predicted octanol–water partition coefficient (Wildman–Crippen LogP) is 0.221. The molecule has 8 heteroatoms. The summed E-state index contributed by atoms with van der Waals surface area (Å²) >= 11 is 0. The average molecular weight is 294 g/mol. The van der Waals surface area contributed by atoms with Crippen LogP contribution in [0.25, 0.3) is 0 Å². The first kappa shape index (κ1) is 17.7. The zero-order chi connectivity index (χ0) is 14.9. The van der Waals surface area contributed by atoms with Crippen molar-refractivity contribution in [3.8, 4) is 0 Å². The molecule has 0 radical (unpaired) electrons. The molecular weight excluding hydrogens is 272 g/mol. The van der Waals surface area contributed by atoms with Gasteiger partial charge in [0.15, 0.2) is 0 Å². The Morgan fingerprint density at radius 3 is 2.42 bits per heavy atom. The zero-order valence-corrected chi connectivity index (χ0v) is 12.1. The van der Waals surface area contributed by atoms with E-state index < -0.39 is 15.8 Å². The fourth-order valence-corrected chi connectivity index (χ4v) is 2.01. The molecule has 1 unspecified atom stereocenters. The molecule has 0 aromatic rings. The van der Waals surface area contributed by atoms with Crippen LogP contribution in [-0.4, -0.2) is 50.6 Å². The molecule has 2 amide bonds. The molecule has 0 fully saturated rings. The van der Waals surface area contributed by atoms with Crippen molar-refractivity contribution >= 4 is 21.8 Å². The summed E-state index contributed by atoms with van der Waals surface area (Å²) in [7, 11) is -2.99. The summed E-state index contributed by atoms with van der Waals surface area (Å²) in [6.07, 6.45) is 2.11. The van der Waals surface area contributed by atoms with E-state index in [9.17, 15) is 18.0 Å². The average Bonchev–Trinajstić information content (AvgIpc) is 2.28. The predicted molar refractivity (Wildman–Crippen MR) is 71.8 cm³/mol. The number of carbonyl (C=O) groups is 2. The van der Waals surface area contributed by atoms with Crippen molar-refractivity contribution in [1.82, 2.24) is 10.6 Å². The molecular formula is C11H22N2O5S. The van der Waals surface area contributed by atoms with Crippen LogP contribution >= 0.6 is 0 Å². The fourth-order valence-electron chi connectivity index (χ4n) is 1.34. The molecule has 0 aromatic heterocycles. The number of hydrogen-bond acceptors (Lipinski definition) is 4. The summed E-state index contributed by atoms with van der Waals surface area (Å²) in [4.78, 5) is 21.7. The van der Waals surface area contributed by atoms with Crippen LogP contribution in [0.1, 0.15) is 26.2 Å². The molecule has 0 saturated heterocycles. The van der Waals surface area contributed by atoms with Crippen molar-refractivity contribution in [2.24, 2.45) is 5.92 Å². The summed E-state index contributed by atoms with van der Waals surface area (Å²) < 4.78 is 21.7. The van der Waals surface area contributed by atoms with Gasteiger partial charge in [-0.15, -0.1) is 0 Å². The van der Waals surface area contributed by atoms with Gasteiger partial charge in [-0.25, -0.2) is 13.2 Å². The van der Waals surface area contributed by atoms with Crippen LogP contribution in [0, 0.1) is 5.92 Å². The van der Waals surface area contributed by atoms with E-state index in [1.54, 1.807) is 0 Å². The lowest BCUT2D eigenvalue weighted by Crippen LogP contribution is -2.38. The number of carboxylic acid groups (broad SMARTS) is 1. The van der Waals surface area contributed by atoms with Crippen LogP contribution in [0.15, 0.2) is 0 Å². The third-order valence-corrected chi connectivity index (χ3v) is 3.47. The molecule has 112 valence electrons. The van der Waals surface area contributed by atoms with Crippen molar-refractivity contribution in [1.29, 1.82) is 0 Å². The monoisotopic (exact) mass is 294 g/mol. The van der Waals surface area contributed by atoms with Crippen molar-refractivity contribution in [3.63, 3.8) is 0 Å². The van der Waals surface area contributed by atoms with Crippen LogP contribution in [-0.2, 0) is 14.6 Å². The van der Waals surface area contributed by atoms with Gasteiger partial charge in [0.05, 0.1) is 5.75 Å². The van der Waals surface area contributed by atoms with Gasteiger partial charge in [0.25, 0.3) is 0 Å². The Balaban J connectivity index is 3.61. The molecule has 0 rings (SSSR count). The maximum Gasteiger partial charge on any atom is 0.314 e. The largest absolute Gasteiger partial charge is 0.481 e. The number of rotatable bonds is 9. The third kappa shape index (κ3) is 12.9. The fraction of sp³-hybridized carbons (Fsp3) is 0.818. The quantitative estimate of drug-likeness (QED) is 0.527. The summed E-state index contributed by atoms with van der Waals surface area (Å²) in [5.74, 6) is -0.725. The van der Waals surface area contributed by atoms with Crippen molar-refractivity contribution in [2.45, 2.75) is 26.2 Å². The molecule has 0 heterocycles. The van der Waals surface area contributed by atoms with E-state index in [0.29, 0.717) is 25.9 Å². The van der Waals surface area contributed by atoms with Gasteiger partial charge >= 0.3 is 12.0 Å². The molecule has 0 spiro atoms.